The molecule has 19 heavy (non-hydrogen) atoms. The zero-order valence-corrected chi connectivity index (χ0v) is 11.4. The number of anilines is 1. The van der Waals surface area contributed by atoms with E-state index in [0.29, 0.717) is 11.5 Å². The maximum Gasteiger partial charge on any atom is 0.273 e. The number of carbonyl (C=O) groups excluding carboxylic acids is 1. The minimum absolute atomic E-state index is 0.155. The average Bonchev–Trinajstić information content (AvgIpc) is 3.17. The lowest BCUT2D eigenvalue weighted by Gasteiger charge is -2.14. The monoisotopic (exact) mass is 264 g/mol. The number of aromatic nitrogens is 2. The molecule has 0 saturated heterocycles. The smallest absolute Gasteiger partial charge is 0.273 e. The Balaban J connectivity index is 1.90. The van der Waals surface area contributed by atoms with Crippen LogP contribution in [0.5, 0.6) is 0 Å². The molecule has 1 fully saturated rings. The summed E-state index contributed by atoms with van der Waals surface area (Å²) in [5.41, 5.74) is 0.571. The molecule has 2 N–H and O–H groups in total. The van der Waals surface area contributed by atoms with Gasteiger partial charge in [0.15, 0.2) is 5.69 Å². The minimum Gasteiger partial charge on any atom is -0.396 e. The van der Waals surface area contributed by atoms with Gasteiger partial charge in [-0.05, 0) is 36.8 Å². The number of hydrogen-bond donors (Lipinski definition) is 2. The molecule has 0 atom stereocenters. The van der Waals surface area contributed by atoms with Gasteiger partial charge in [-0.1, -0.05) is 0 Å². The second kappa shape index (κ2) is 5.52. The van der Waals surface area contributed by atoms with Crippen molar-refractivity contribution in [1.29, 1.82) is 0 Å². The summed E-state index contributed by atoms with van der Waals surface area (Å²) in [7, 11) is 3.36. The van der Waals surface area contributed by atoms with Crippen molar-refractivity contribution in [3.05, 3.63) is 17.8 Å². The summed E-state index contributed by atoms with van der Waals surface area (Å²) in [4.78, 5) is 13.1. The zero-order valence-electron chi connectivity index (χ0n) is 11.4. The fraction of sp³-hybridized carbons (Fsp3) is 0.615. The minimum atomic E-state index is -0.155. The second-order valence-corrected chi connectivity index (χ2v) is 5.33. The lowest BCUT2D eigenvalue weighted by Crippen LogP contribution is -2.23. The van der Waals surface area contributed by atoms with E-state index in [0.717, 1.165) is 25.8 Å². The van der Waals surface area contributed by atoms with Crippen LogP contribution < -0.4 is 5.32 Å². The van der Waals surface area contributed by atoms with E-state index in [9.17, 15) is 4.79 Å². The van der Waals surface area contributed by atoms with Gasteiger partial charge in [0.1, 0.15) is 5.82 Å². The Morgan fingerprint density at radius 2 is 2.16 bits per heavy atom. The summed E-state index contributed by atoms with van der Waals surface area (Å²) in [6.07, 6.45) is 3.11. The van der Waals surface area contributed by atoms with Crippen molar-refractivity contribution in [3.8, 4) is 0 Å². The predicted octanol–water partition coefficient (Wildman–Crippen LogP) is 0.753. The van der Waals surface area contributed by atoms with Gasteiger partial charge in [0.05, 0.1) is 0 Å². The molecule has 0 spiro atoms. The van der Waals surface area contributed by atoms with Gasteiger partial charge in [-0.25, -0.2) is 0 Å². The molecule has 1 amide bonds. The Morgan fingerprint density at radius 1 is 1.42 bits per heavy atom. The molecule has 0 aromatic carbocycles. The quantitative estimate of drug-likeness (QED) is 0.793. The summed E-state index contributed by atoms with van der Waals surface area (Å²) in [5, 5.41) is 20.1. The van der Waals surface area contributed by atoms with Crippen LogP contribution in [0.4, 0.5) is 5.82 Å². The lowest BCUT2D eigenvalue weighted by atomic mass is 10.0. The van der Waals surface area contributed by atoms with Crippen LogP contribution in [-0.2, 0) is 0 Å². The molecule has 1 aliphatic carbocycles. The third kappa shape index (κ3) is 3.41. The maximum atomic E-state index is 11.6. The second-order valence-electron chi connectivity index (χ2n) is 5.33. The topological polar surface area (TPSA) is 78.4 Å². The van der Waals surface area contributed by atoms with Gasteiger partial charge < -0.3 is 15.3 Å². The molecule has 1 heterocycles. The van der Waals surface area contributed by atoms with Gasteiger partial charge in [-0.3, -0.25) is 4.79 Å². The van der Waals surface area contributed by atoms with Crippen molar-refractivity contribution in [2.45, 2.75) is 19.3 Å². The molecule has 1 saturated carbocycles. The van der Waals surface area contributed by atoms with Crippen molar-refractivity contribution in [2.24, 2.45) is 5.41 Å². The molecule has 1 aliphatic rings. The van der Waals surface area contributed by atoms with Crippen molar-refractivity contribution >= 4 is 11.7 Å². The first-order chi connectivity index (χ1) is 9.06. The lowest BCUT2D eigenvalue weighted by molar-refractivity contribution is 0.0821. The Hall–Kier alpha value is -1.69. The molecular formula is C13H20N4O2. The number of carbonyl (C=O) groups is 1. The number of amides is 1. The molecule has 104 valence electrons. The fourth-order valence-electron chi connectivity index (χ4n) is 1.98. The molecule has 1 aromatic rings. The first-order valence-corrected chi connectivity index (χ1v) is 6.46. The molecule has 6 heteroatoms. The highest BCUT2D eigenvalue weighted by molar-refractivity contribution is 5.91. The van der Waals surface area contributed by atoms with Crippen LogP contribution in [0.15, 0.2) is 12.1 Å². The van der Waals surface area contributed by atoms with Crippen LogP contribution in [0.3, 0.4) is 0 Å². The molecule has 1 aromatic heterocycles. The van der Waals surface area contributed by atoms with Crippen LogP contribution >= 0.6 is 0 Å². The van der Waals surface area contributed by atoms with Crippen LogP contribution in [0.1, 0.15) is 29.8 Å². The normalized spacial score (nSPS) is 15.9. The van der Waals surface area contributed by atoms with E-state index in [1.165, 1.54) is 4.90 Å². The van der Waals surface area contributed by atoms with E-state index >= 15 is 0 Å². The molecule has 0 radical (unpaired) electrons. The first-order valence-electron chi connectivity index (χ1n) is 6.46. The van der Waals surface area contributed by atoms with Crippen molar-refractivity contribution in [2.75, 3.05) is 32.6 Å². The molecule has 0 bridgehead atoms. The fourth-order valence-corrected chi connectivity index (χ4v) is 1.98. The number of rotatable bonds is 6. The number of nitrogens with one attached hydrogen (secondary N) is 1. The van der Waals surface area contributed by atoms with Gasteiger partial charge in [0, 0.05) is 27.2 Å². The summed E-state index contributed by atoms with van der Waals surface area (Å²) in [6.45, 7) is 1.02. The zero-order chi connectivity index (χ0) is 13.9. The van der Waals surface area contributed by atoms with Gasteiger partial charge in [0.2, 0.25) is 0 Å². The predicted molar refractivity (Wildman–Crippen MR) is 71.9 cm³/mol. The Bertz CT molecular complexity index is 440. The Labute approximate surface area is 112 Å². The van der Waals surface area contributed by atoms with E-state index in [1.54, 1.807) is 26.2 Å². The SMILES string of the molecule is CN(C)C(=O)c1ccc(NCC2(CCO)CC2)nn1. The average molecular weight is 264 g/mol. The van der Waals surface area contributed by atoms with Crippen LogP contribution in [0, 0.1) is 5.41 Å². The van der Waals surface area contributed by atoms with Gasteiger partial charge in [-0.15, -0.1) is 10.2 Å². The Morgan fingerprint density at radius 3 is 2.63 bits per heavy atom. The number of aliphatic hydroxyl groups excluding tert-OH is 1. The summed E-state index contributed by atoms with van der Waals surface area (Å²) < 4.78 is 0. The third-order valence-corrected chi connectivity index (χ3v) is 3.53. The van der Waals surface area contributed by atoms with E-state index in [2.05, 4.69) is 15.5 Å². The number of hydrogen-bond acceptors (Lipinski definition) is 5. The van der Waals surface area contributed by atoms with Crippen LogP contribution in [0.25, 0.3) is 0 Å². The van der Waals surface area contributed by atoms with Crippen molar-refractivity contribution < 1.29 is 9.90 Å². The summed E-state index contributed by atoms with van der Waals surface area (Å²) in [6, 6.07) is 3.43. The molecule has 6 nitrogen and oxygen atoms in total. The highest BCUT2D eigenvalue weighted by Crippen LogP contribution is 2.48. The summed E-state index contributed by atoms with van der Waals surface area (Å²) in [5.74, 6) is 0.512. The van der Waals surface area contributed by atoms with Gasteiger partial charge >= 0.3 is 0 Å². The van der Waals surface area contributed by atoms with E-state index < -0.39 is 0 Å². The highest BCUT2D eigenvalue weighted by Gasteiger charge is 2.41. The number of aliphatic hydroxyl groups is 1. The van der Waals surface area contributed by atoms with Crippen LogP contribution in [0.2, 0.25) is 0 Å². The van der Waals surface area contributed by atoms with Crippen LogP contribution in [-0.4, -0.2) is 53.4 Å². The van der Waals surface area contributed by atoms with E-state index in [4.69, 9.17) is 5.11 Å². The molecule has 0 unspecified atom stereocenters. The van der Waals surface area contributed by atoms with E-state index in [1.807, 2.05) is 0 Å². The maximum absolute atomic E-state index is 11.6. The van der Waals surface area contributed by atoms with Crippen molar-refractivity contribution in [1.82, 2.24) is 15.1 Å². The number of nitrogens with zero attached hydrogens (tertiary/aromatic N) is 3. The standard InChI is InChI=1S/C13H20N4O2/c1-17(2)12(19)10-3-4-11(16-15-10)14-9-13(5-6-13)7-8-18/h3-4,18H,5-9H2,1-2H3,(H,14,16). The highest BCUT2D eigenvalue weighted by atomic mass is 16.3. The molecular weight excluding hydrogens is 244 g/mol. The molecule has 2 rings (SSSR count). The summed E-state index contributed by atoms with van der Waals surface area (Å²) >= 11 is 0. The van der Waals surface area contributed by atoms with Gasteiger partial charge in [0.25, 0.3) is 5.91 Å². The van der Waals surface area contributed by atoms with Crippen molar-refractivity contribution in [3.63, 3.8) is 0 Å². The van der Waals surface area contributed by atoms with E-state index in [-0.39, 0.29) is 17.9 Å². The largest absolute Gasteiger partial charge is 0.396 e. The van der Waals surface area contributed by atoms with Gasteiger partial charge in [-0.2, -0.15) is 0 Å². The first kappa shape index (κ1) is 13.7. The molecule has 0 aliphatic heterocycles. The third-order valence-electron chi connectivity index (χ3n) is 3.53. The Kier molecular flexibility index (Phi) is 3.99.